The van der Waals surface area contributed by atoms with Gasteiger partial charge in [-0.25, -0.2) is 9.99 Å². The molecule has 1 saturated heterocycles. The lowest BCUT2D eigenvalue weighted by Gasteiger charge is -2.32. The Morgan fingerprint density at radius 1 is 0.846 bits per heavy atom. The van der Waals surface area contributed by atoms with Gasteiger partial charge in [-0.15, -0.1) is 37.2 Å². The van der Waals surface area contributed by atoms with Crippen molar-refractivity contribution < 1.29 is 0 Å². The number of hydrazine groups is 1. The highest BCUT2D eigenvalue weighted by Gasteiger charge is 2.25. The molecule has 2 saturated carbocycles. The molecule has 0 atom stereocenters. The Morgan fingerprint density at radius 2 is 1.54 bits per heavy atom. The summed E-state index contributed by atoms with van der Waals surface area (Å²) in [6, 6.07) is 12.1. The van der Waals surface area contributed by atoms with E-state index in [9.17, 15) is 0 Å². The maximum atomic E-state index is 6.14. The van der Waals surface area contributed by atoms with E-state index in [2.05, 4.69) is 50.7 Å². The summed E-state index contributed by atoms with van der Waals surface area (Å²) >= 11 is 0. The number of benzene rings is 1. The molecule has 0 spiro atoms. The van der Waals surface area contributed by atoms with Gasteiger partial charge in [-0.05, 0) is 69.3 Å². The molecule has 8 nitrogen and oxygen atoms in total. The fourth-order valence-corrected chi connectivity index (χ4v) is 6.30. The van der Waals surface area contributed by atoms with E-state index in [-0.39, 0.29) is 37.2 Å². The van der Waals surface area contributed by atoms with Crippen LogP contribution >= 0.6 is 37.2 Å². The first kappa shape index (κ1) is 31.7. The number of nitrogens with two attached hydrogens (primary N) is 1. The van der Waals surface area contributed by atoms with Gasteiger partial charge in [-0.1, -0.05) is 43.2 Å². The molecule has 0 unspecified atom stereocenters. The number of piperidine rings is 1. The van der Waals surface area contributed by atoms with E-state index >= 15 is 0 Å². The molecule has 0 bridgehead atoms. The topological polar surface area (TPSA) is 96.9 Å². The molecule has 11 heteroatoms. The summed E-state index contributed by atoms with van der Waals surface area (Å²) in [5.74, 6) is 2.27. The second-order valence-electron chi connectivity index (χ2n) is 11.1. The average molecular weight is 598 g/mol. The van der Waals surface area contributed by atoms with Gasteiger partial charge >= 0.3 is 0 Å². The molecule has 3 fully saturated rings. The zero-order chi connectivity index (χ0) is 24.3. The number of nitrogens with zero attached hydrogens (tertiary/aromatic N) is 5. The molecular weight excluding hydrogens is 555 g/mol. The van der Waals surface area contributed by atoms with E-state index in [1.807, 2.05) is 6.33 Å². The van der Waals surface area contributed by atoms with Crippen LogP contribution in [-0.2, 0) is 6.42 Å². The van der Waals surface area contributed by atoms with Gasteiger partial charge in [0.15, 0.2) is 17.0 Å². The number of fused-ring (bicyclic) bond motifs is 1. The second-order valence-corrected chi connectivity index (χ2v) is 11.1. The number of aromatic nitrogens is 4. The third-order valence-corrected chi connectivity index (χ3v) is 8.49. The zero-order valence-electron chi connectivity index (χ0n) is 22.5. The predicted octanol–water partition coefficient (Wildman–Crippen LogP) is 6.17. The van der Waals surface area contributed by atoms with Gasteiger partial charge in [0.05, 0.1) is 6.33 Å². The summed E-state index contributed by atoms with van der Waals surface area (Å²) < 4.78 is 2.29. The molecule has 3 heterocycles. The van der Waals surface area contributed by atoms with Crippen LogP contribution in [0.5, 0.6) is 0 Å². The first-order chi connectivity index (χ1) is 17.7. The Kier molecular flexibility index (Phi) is 11.9. The Bertz CT molecular complexity index is 1140. The van der Waals surface area contributed by atoms with Crippen LogP contribution in [0.15, 0.2) is 36.7 Å². The molecule has 39 heavy (non-hydrogen) atoms. The van der Waals surface area contributed by atoms with E-state index in [0.717, 1.165) is 68.1 Å². The smallest absolute Gasteiger partial charge is 0.227 e. The Labute approximate surface area is 250 Å². The summed E-state index contributed by atoms with van der Waals surface area (Å²) in [5, 5.41) is 5.96. The fraction of sp³-hybridized carbons (Fsp3) is 0.607. The van der Waals surface area contributed by atoms with Crippen molar-refractivity contribution in [2.45, 2.75) is 88.8 Å². The first-order valence-electron chi connectivity index (χ1n) is 14.0. The van der Waals surface area contributed by atoms with E-state index in [1.54, 1.807) is 0 Å². The van der Waals surface area contributed by atoms with Gasteiger partial charge in [-0.2, -0.15) is 9.97 Å². The maximum Gasteiger partial charge on any atom is 0.227 e. The Morgan fingerprint density at radius 3 is 2.23 bits per heavy atom. The highest BCUT2D eigenvalue weighted by atomic mass is 35.5. The lowest BCUT2D eigenvalue weighted by Crippen LogP contribution is -2.39. The van der Waals surface area contributed by atoms with Crippen molar-refractivity contribution in [2.75, 3.05) is 23.8 Å². The molecule has 2 aromatic heterocycles. The first-order valence-corrected chi connectivity index (χ1v) is 14.0. The number of rotatable bonds is 7. The Hall–Kier alpha value is -1.84. The maximum absolute atomic E-state index is 6.14. The number of imidazole rings is 1. The molecule has 216 valence electrons. The minimum Gasteiger partial charge on any atom is -0.351 e. The highest BCUT2D eigenvalue weighted by Crippen LogP contribution is 2.34. The van der Waals surface area contributed by atoms with Gasteiger partial charge in [0.25, 0.3) is 0 Å². The average Bonchev–Trinajstić information content (AvgIpc) is 3.58. The molecule has 6 rings (SSSR count). The lowest BCUT2D eigenvalue weighted by atomic mass is 9.91. The van der Waals surface area contributed by atoms with Crippen LogP contribution in [0.1, 0.15) is 75.8 Å². The van der Waals surface area contributed by atoms with Crippen molar-refractivity contribution in [3.8, 4) is 0 Å². The van der Waals surface area contributed by atoms with Crippen molar-refractivity contribution in [3.05, 3.63) is 42.2 Å². The summed E-state index contributed by atoms with van der Waals surface area (Å²) in [6.07, 6.45) is 14.7. The third kappa shape index (κ3) is 7.67. The van der Waals surface area contributed by atoms with E-state index < -0.39 is 0 Å². The van der Waals surface area contributed by atoms with Crippen LogP contribution in [-0.4, -0.2) is 49.7 Å². The third-order valence-electron chi connectivity index (χ3n) is 8.49. The normalized spacial score (nSPS) is 22.5. The van der Waals surface area contributed by atoms with Gasteiger partial charge < -0.3 is 21.0 Å². The van der Waals surface area contributed by atoms with Crippen molar-refractivity contribution >= 4 is 60.2 Å². The van der Waals surface area contributed by atoms with E-state index in [1.165, 1.54) is 44.1 Å². The van der Waals surface area contributed by atoms with E-state index in [4.69, 9.17) is 20.7 Å². The van der Waals surface area contributed by atoms with Crippen LogP contribution in [0.2, 0.25) is 0 Å². The summed E-state index contributed by atoms with van der Waals surface area (Å²) in [7, 11) is 0. The minimum atomic E-state index is 0. The van der Waals surface area contributed by atoms with Crippen molar-refractivity contribution in [2.24, 2.45) is 11.7 Å². The Balaban J connectivity index is 0.00000140. The highest BCUT2D eigenvalue weighted by molar-refractivity contribution is 5.86. The van der Waals surface area contributed by atoms with Crippen molar-refractivity contribution in [3.63, 3.8) is 0 Å². The van der Waals surface area contributed by atoms with E-state index in [0.29, 0.717) is 24.1 Å². The second kappa shape index (κ2) is 14.7. The van der Waals surface area contributed by atoms with Crippen LogP contribution in [0, 0.1) is 5.92 Å². The van der Waals surface area contributed by atoms with Gasteiger partial charge in [0.2, 0.25) is 5.95 Å². The van der Waals surface area contributed by atoms with Gasteiger partial charge in [-0.3, -0.25) is 0 Å². The summed E-state index contributed by atoms with van der Waals surface area (Å²) in [6.45, 7) is 2.02. The molecule has 4 N–H and O–H groups in total. The predicted molar refractivity (Wildman–Crippen MR) is 166 cm³/mol. The van der Waals surface area contributed by atoms with Crippen LogP contribution in [0.3, 0.4) is 0 Å². The number of halogens is 3. The van der Waals surface area contributed by atoms with Gasteiger partial charge in [0, 0.05) is 31.2 Å². The largest absolute Gasteiger partial charge is 0.351 e. The molecule has 0 radical (unpaired) electrons. The van der Waals surface area contributed by atoms with Crippen LogP contribution in [0.4, 0.5) is 11.8 Å². The summed E-state index contributed by atoms with van der Waals surface area (Å²) in [5.41, 5.74) is 13.1. The number of hydrogen-bond acceptors (Lipinski definition) is 7. The standard InChI is InChI=1S/C28H40N8.3ClH/c29-22-10-12-23(13-11-22)31-28-32-26(25-27(33-28)36(19-30-25)24-8-4-5-9-24)34-35-16-14-21(15-17-35)18-20-6-2-1-3-7-20;;;/h1-3,6-7,19,21-24H,4-5,8-18,29H2,(H2,31,32,33,34);3*1H. The molecule has 2 aliphatic carbocycles. The zero-order valence-corrected chi connectivity index (χ0v) is 25.0. The fourth-order valence-electron chi connectivity index (χ4n) is 6.30. The number of nitrogens with one attached hydrogen (secondary N) is 2. The van der Waals surface area contributed by atoms with Crippen molar-refractivity contribution in [1.29, 1.82) is 0 Å². The molecule has 1 aromatic carbocycles. The number of anilines is 2. The lowest BCUT2D eigenvalue weighted by molar-refractivity contribution is 0.216. The van der Waals surface area contributed by atoms with Crippen molar-refractivity contribution in [1.82, 2.24) is 24.5 Å². The SMILES string of the molecule is Cl.Cl.Cl.NC1CCC(Nc2nc(NN3CCC(Cc4ccccc4)CC3)c3ncn(C4CCCC4)c3n2)CC1. The minimum absolute atomic E-state index is 0. The molecular formula is C28H43Cl3N8. The quantitative estimate of drug-likeness (QED) is 0.300. The molecule has 3 aliphatic rings. The van der Waals surface area contributed by atoms with Crippen LogP contribution in [0.25, 0.3) is 11.2 Å². The molecule has 3 aromatic rings. The summed E-state index contributed by atoms with van der Waals surface area (Å²) in [4.78, 5) is 14.7. The monoisotopic (exact) mass is 596 g/mol. The van der Waals surface area contributed by atoms with Gasteiger partial charge in [0.1, 0.15) is 0 Å². The number of hydrogen-bond donors (Lipinski definition) is 3. The van der Waals surface area contributed by atoms with Crippen LogP contribution < -0.4 is 16.5 Å². The molecule has 1 aliphatic heterocycles. The molecule has 0 amide bonds.